The molecule has 0 saturated heterocycles. The van der Waals surface area contributed by atoms with Gasteiger partial charge < -0.3 is 9.64 Å². The quantitative estimate of drug-likeness (QED) is 0.708. The molecule has 2 heteroatoms. The van der Waals surface area contributed by atoms with E-state index in [1.807, 2.05) is 12.1 Å². The number of rotatable bonds is 7. The van der Waals surface area contributed by atoms with E-state index in [2.05, 4.69) is 62.1 Å². The van der Waals surface area contributed by atoms with Crippen LogP contribution in [0.3, 0.4) is 0 Å². The normalized spacial score (nSPS) is 10.8. The first-order valence-electron chi connectivity index (χ1n) is 8.03. The average Bonchev–Trinajstić information content (AvgIpc) is 2.53. The minimum atomic E-state index is 0.712. The van der Waals surface area contributed by atoms with E-state index in [9.17, 15) is 0 Å². The molecule has 2 aromatic rings. The first-order chi connectivity index (χ1) is 10.6. The minimum Gasteiger partial charge on any atom is -0.497 e. The summed E-state index contributed by atoms with van der Waals surface area (Å²) >= 11 is 0. The highest BCUT2D eigenvalue weighted by molar-refractivity contribution is 5.48. The smallest absolute Gasteiger partial charge is 0.118 e. The lowest BCUT2D eigenvalue weighted by Gasteiger charge is -2.26. The maximum absolute atomic E-state index is 5.24. The Kier molecular flexibility index (Phi) is 5.88. The van der Waals surface area contributed by atoms with Crippen molar-refractivity contribution < 1.29 is 4.74 Å². The molecule has 0 aliphatic heterocycles. The lowest BCUT2D eigenvalue weighted by molar-refractivity contribution is 0.414. The number of aryl methyl sites for hydroxylation is 1. The molecule has 0 spiro atoms. The second kappa shape index (κ2) is 7.88. The van der Waals surface area contributed by atoms with Gasteiger partial charge in [0, 0.05) is 18.8 Å². The van der Waals surface area contributed by atoms with Crippen LogP contribution in [0.1, 0.15) is 31.4 Å². The Morgan fingerprint density at radius 2 is 1.59 bits per heavy atom. The molecule has 0 bridgehead atoms. The van der Waals surface area contributed by atoms with Crippen molar-refractivity contribution in [3.8, 4) is 5.75 Å². The highest BCUT2D eigenvalue weighted by atomic mass is 16.5. The zero-order valence-corrected chi connectivity index (χ0v) is 14.2. The lowest BCUT2D eigenvalue weighted by atomic mass is 10.1. The van der Waals surface area contributed by atoms with Gasteiger partial charge in [-0.25, -0.2) is 0 Å². The molecule has 118 valence electrons. The average molecular weight is 297 g/mol. The van der Waals surface area contributed by atoms with Crippen molar-refractivity contribution in [2.75, 3.05) is 18.6 Å². The summed E-state index contributed by atoms with van der Waals surface area (Å²) in [6.07, 6.45) is 1.20. The Balaban J connectivity index is 2.13. The largest absolute Gasteiger partial charge is 0.497 e. The molecule has 22 heavy (non-hydrogen) atoms. The number of anilines is 1. The molecule has 0 aromatic heterocycles. The Morgan fingerprint density at radius 1 is 0.955 bits per heavy atom. The maximum Gasteiger partial charge on any atom is 0.118 e. The Bertz CT molecular complexity index is 557. The monoisotopic (exact) mass is 297 g/mol. The van der Waals surface area contributed by atoms with Crippen LogP contribution in [0.5, 0.6) is 5.75 Å². The van der Waals surface area contributed by atoms with Gasteiger partial charge in [0.2, 0.25) is 0 Å². The summed E-state index contributed by atoms with van der Waals surface area (Å²) < 4.78 is 5.24. The molecule has 2 rings (SSSR count). The van der Waals surface area contributed by atoms with Gasteiger partial charge in [0.15, 0.2) is 0 Å². The highest BCUT2D eigenvalue weighted by Crippen LogP contribution is 2.21. The minimum absolute atomic E-state index is 0.712. The Hall–Kier alpha value is -1.96. The molecule has 0 aliphatic carbocycles. The molecule has 0 aliphatic rings. The second-order valence-corrected chi connectivity index (χ2v) is 6.29. The van der Waals surface area contributed by atoms with E-state index >= 15 is 0 Å². The van der Waals surface area contributed by atoms with Crippen molar-refractivity contribution in [2.24, 2.45) is 5.92 Å². The van der Waals surface area contributed by atoms with E-state index < -0.39 is 0 Å². The summed E-state index contributed by atoms with van der Waals surface area (Å²) in [5, 5.41) is 0. The number of methoxy groups -OCH3 is 1. The molecule has 0 atom stereocenters. The summed E-state index contributed by atoms with van der Waals surface area (Å²) in [5.41, 5.74) is 3.91. The van der Waals surface area contributed by atoms with Crippen LogP contribution >= 0.6 is 0 Å². The third-order valence-corrected chi connectivity index (χ3v) is 3.91. The van der Waals surface area contributed by atoms with Crippen LogP contribution in [-0.4, -0.2) is 13.7 Å². The van der Waals surface area contributed by atoms with Gasteiger partial charge >= 0.3 is 0 Å². The van der Waals surface area contributed by atoms with Crippen molar-refractivity contribution in [1.82, 2.24) is 0 Å². The third-order valence-electron chi connectivity index (χ3n) is 3.91. The summed E-state index contributed by atoms with van der Waals surface area (Å²) in [4.78, 5) is 2.46. The lowest BCUT2D eigenvalue weighted by Crippen LogP contribution is -2.24. The maximum atomic E-state index is 5.24. The fourth-order valence-corrected chi connectivity index (χ4v) is 2.42. The number of benzene rings is 2. The first-order valence-corrected chi connectivity index (χ1v) is 8.03. The van der Waals surface area contributed by atoms with E-state index in [-0.39, 0.29) is 0 Å². The molecule has 0 N–H and O–H groups in total. The SMILES string of the molecule is COc1ccc(CN(CCC(C)C)c2ccc(C)cc2)cc1. The van der Waals surface area contributed by atoms with Gasteiger partial charge in [-0.05, 0) is 49.1 Å². The van der Waals surface area contributed by atoms with E-state index in [1.54, 1.807) is 7.11 Å². The Morgan fingerprint density at radius 3 is 2.14 bits per heavy atom. The molecule has 0 unspecified atom stereocenters. The van der Waals surface area contributed by atoms with Crippen LogP contribution in [0, 0.1) is 12.8 Å². The molecular weight excluding hydrogens is 270 g/mol. The van der Waals surface area contributed by atoms with Gasteiger partial charge in [0.05, 0.1) is 7.11 Å². The Labute approximate surface area is 134 Å². The van der Waals surface area contributed by atoms with E-state index in [4.69, 9.17) is 4.74 Å². The van der Waals surface area contributed by atoms with Gasteiger partial charge in [-0.1, -0.05) is 43.7 Å². The molecule has 2 nitrogen and oxygen atoms in total. The van der Waals surface area contributed by atoms with Crippen LogP contribution in [0.2, 0.25) is 0 Å². The van der Waals surface area contributed by atoms with Crippen molar-refractivity contribution in [3.05, 3.63) is 59.7 Å². The van der Waals surface area contributed by atoms with Crippen molar-refractivity contribution in [3.63, 3.8) is 0 Å². The third kappa shape index (κ3) is 4.80. The van der Waals surface area contributed by atoms with E-state index in [0.717, 1.165) is 18.8 Å². The summed E-state index contributed by atoms with van der Waals surface area (Å²) in [5.74, 6) is 1.62. The summed E-state index contributed by atoms with van der Waals surface area (Å²) in [6, 6.07) is 17.2. The fraction of sp³-hybridized carbons (Fsp3) is 0.400. The standard InChI is InChI=1S/C20H27NO/c1-16(2)13-14-21(19-9-5-17(3)6-10-19)15-18-7-11-20(22-4)12-8-18/h5-12,16H,13-15H2,1-4H3. The van der Waals surface area contributed by atoms with Crippen LogP contribution in [-0.2, 0) is 6.54 Å². The number of hydrogen-bond donors (Lipinski definition) is 0. The van der Waals surface area contributed by atoms with E-state index in [0.29, 0.717) is 5.92 Å². The molecule has 0 saturated carbocycles. The zero-order valence-electron chi connectivity index (χ0n) is 14.2. The first kappa shape index (κ1) is 16.4. The highest BCUT2D eigenvalue weighted by Gasteiger charge is 2.08. The summed E-state index contributed by atoms with van der Waals surface area (Å²) in [6.45, 7) is 8.69. The van der Waals surface area contributed by atoms with Crippen molar-refractivity contribution in [1.29, 1.82) is 0 Å². The summed E-state index contributed by atoms with van der Waals surface area (Å²) in [7, 11) is 1.70. The van der Waals surface area contributed by atoms with Gasteiger partial charge in [-0.15, -0.1) is 0 Å². The molecule has 0 heterocycles. The van der Waals surface area contributed by atoms with Crippen LogP contribution in [0.4, 0.5) is 5.69 Å². The van der Waals surface area contributed by atoms with Crippen LogP contribution in [0.15, 0.2) is 48.5 Å². The van der Waals surface area contributed by atoms with Gasteiger partial charge in [0.1, 0.15) is 5.75 Å². The molecular formula is C20H27NO. The van der Waals surface area contributed by atoms with Gasteiger partial charge in [-0.3, -0.25) is 0 Å². The van der Waals surface area contributed by atoms with Gasteiger partial charge in [0.25, 0.3) is 0 Å². The topological polar surface area (TPSA) is 12.5 Å². The fourth-order valence-electron chi connectivity index (χ4n) is 2.42. The molecule has 2 aromatic carbocycles. The number of ether oxygens (including phenoxy) is 1. The van der Waals surface area contributed by atoms with Crippen molar-refractivity contribution >= 4 is 5.69 Å². The predicted molar refractivity (Wildman–Crippen MR) is 94.7 cm³/mol. The van der Waals surface area contributed by atoms with Crippen LogP contribution < -0.4 is 9.64 Å². The number of hydrogen-bond acceptors (Lipinski definition) is 2. The molecule has 0 amide bonds. The second-order valence-electron chi connectivity index (χ2n) is 6.29. The number of nitrogens with zero attached hydrogens (tertiary/aromatic N) is 1. The predicted octanol–water partition coefficient (Wildman–Crippen LogP) is 5.06. The van der Waals surface area contributed by atoms with Gasteiger partial charge in [-0.2, -0.15) is 0 Å². The van der Waals surface area contributed by atoms with E-state index in [1.165, 1.54) is 23.2 Å². The molecule has 0 radical (unpaired) electrons. The molecule has 0 fully saturated rings. The van der Waals surface area contributed by atoms with Crippen molar-refractivity contribution in [2.45, 2.75) is 33.7 Å². The van der Waals surface area contributed by atoms with Crippen LogP contribution in [0.25, 0.3) is 0 Å². The zero-order chi connectivity index (χ0) is 15.9.